The lowest BCUT2D eigenvalue weighted by atomic mass is 10.2. The Morgan fingerprint density at radius 1 is 1.29 bits per heavy atom. The van der Waals surface area contributed by atoms with Crippen molar-refractivity contribution >= 4 is 11.6 Å². The average Bonchev–Trinajstić information content (AvgIpc) is 3.26. The predicted octanol–water partition coefficient (Wildman–Crippen LogP) is 2.74. The van der Waals surface area contributed by atoms with Gasteiger partial charge in [-0.05, 0) is 26.7 Å². The van der Waals surface area contributed by atoms with Gasteiger partial charge in [-0.25, -0.2) is 18.7 Å². The monoisotopic (exact) mass is 333 g/mol. The molecule has 0 spiro atoms. The van der Waals surface area contributed by atoms with E-state index in [9.17, 15) is 8.78 Å². The molecule has 0 aromatic carbocycles. The van der Waals surface area contributed by atoms with Gasteiger partial charge in [-0.3, -0.25) is 0 Å². The Balaban J connectivity index is 1.82. The molecule has 9 heteroatoms. The Kier molecular flexibility index (Phi) is 3.43. The predicted molar refractivity (Wildman–Crippen MR) is 83.1 cm³/mol. The van der Waals surface area contributed by atoms with Crippen molar-refractivity contribution < 1.29 is 8.78 Å². The van der Waals surface area contributed by atoms with Gasteiger partial charge in [-0.1, -0.05) is 0 Å². The first kappa shape index (κ1) is 15.0. The van der Waals surface area contributed by atoms with Crippen molar-refractivity contribution in [3.8, 4) is 0 Å². The molecule has 0 radical (unpaired) electrons. The maximum Gasteiger partial charge on any atom is 0.280 e. The topological polar surface area (TPSA) is 75.0 Å². The molecule has 1 atom stereocenters. The van der Waals surface area contributed by atoms with E-state index in [2.05, 4.69) is 25.0 Å². The largest absolute Gasteiger partial charge is 0.346 e. The number of fused-ring (bicyclic) bond motifs is 1. The quantitative estimate of drug-likeness (QED) is 0.798. The van der Waals surface area contributed by atoms with E-state index in [0.717, 1.165) is 36.6 Å². The SMILES string of the molecule is Cc1nc(C2CCCN2c2cc(C(F)F)nc3ncnn23)[nH]c1C. The number of hydrogen-bond acceptors (Lipinski definition) is 5. The van der Waals surface area contributed by atoms with Gasteiger partial charge in [-0.2, -0.15) is 14.6 Å². The number of H-pyrrole nitrogens is 1. The Morgan fingerprint density at radius 2 is 2.12 bits per heavy atom. The highest BCUT2D eigenvalue weighted by molar-refractivity contribution is 5.50. The molecule has 1 aliphatic rings. The van der Waals surface area contributed by atoms with Crippen LogP contribution in [-0.2, 0) is 0 Å². The second kappa shape index (κ2) is 5.50. The maximum atomic E-state index is 13.2. The van der Waals surface area contributed by atoms with E-state index in [-0.39, 0.29) is 17.5 Å². The highest BCUT2D eigenvalue weighted by Gasteiger charge is 2.31. The van der Waals surface area contributed by atoms with Crippen LogP contribution in [0.2, 0.25) is 0 Å². The van der Waals surface area contributed by atoms with Gasteiger partial charge in [0.2, 0.25) is 0 Å². The number of halogens is 2. The van der Waals surface area contributed by atoms with E-state index < -0.39 is 6.43 Å². The minimum Gasteiger partial charge on any atom is -0.346 e. The lowest BCUT2D eigenvalue weighted by molar-refractivity contribution is 0.146. The van der Waals surface area contributed by atoms with Crippen LogP contribution in [-0.4, -0.2) is 36.1 Å². The van der Waals surface area contributed by atoms with Crippen LogP contribution in [0.15, 0.2) is 12.4 Å². The van der Waals surface area contributed by atoms with Gasteiger partial charge in [0.15, 0.2) is 0 Å². The fourth-order valence-corrected chi connectivity index (χ4v) is 3.19. The van der Waals surface area contributed by atoms with Crippen molar-refractivity contribution in [3.63, 3.8) is 0 Å². The Morgan fingerprint density at radius 3 is 2.83 bits per heavy atom. The van der Waals surface area contributed by atoms with Crippen LogP contribution < -0.4 is 4.90 Å². The number of aryl methyl sites for hydroxylation is 2. The number of aromatic amines is 1. The van der Waals surface area contributed by atoms with Crippen LogP contribution >= 0.6 is 0 Å². The molecule has 1 fully saturated rings. The van der Waals surface area contributed by atoms with Gasteiger partial charge in [0.1, 0.15) is 23.7 Å². The standard InChI is InChI=1S/C15H17F2N7/c1-8-9(2)21-14(20-8)11-4-3-5-23(11)12-6-10(13(16)17)22-15-18-7-19-24(12)15/h6-7,11,13H,3-5H2,1-2H3,(H,20,21). The molecule has 1 aliphatic heterocycles. The van der Waals surface area contributed by atoms with Gasteiger partial charge in [0.25, 0.3) is 12.2 Å². The van der Waals surface area contributed by atoms with E-state index in [1.54, 1.807) is 0 Å². The zero-order chi connectivity index (χ0) is 16.8. The zero-order valence-corrected chi connectivity index (χ0v) is 13.4. The van der Waals surface area contributed by atoms with Gasteiger partial charge in [0, 0.05) is 18.3 Å². The summed E-state index contributed by atoms with van der Waals surface area (Å²) in [5.41, 5.74) is 1.68. The molecular formula is C15H17F2N7. The molecule has 126 valence electrons. The third-order valence-corrected chi connectivity index (χ3v) is 4.49. The lowest BCUT2D eigenvalue weighted by Gasteiger charge is -2.25. The van der Waals surface area contributed by atoms with Crippen LogP contribution in [0.25, 0.3) is 5.78 Å². The van der Waals surface area contributed by atoms with Crippen molar-refractivity contribution in [2.75, 3.05) is 11.4 Å². The molecule has 1 N–H and O–H groups in total. The molecule has 4 rings (SSSR count). The summed E-state index contributed by atoms with van der Waals surface area (Å²) in [4.78, 5) is 17.8. The minimum absolute atomic E-state index is 0.00211. The molecule has 0 aliphatic carbocycles. The highest BCUT2D eigenvalue weighted by atomic mass is 19.3. The van der Waals surface area contributed by atoms with Crippen molar-refractivity contribution in [2.24, 2.45) is 0 Å². The lowest BCUT2D eigenvalue weighted by Crippen LogP contribution is -2.26. The van der Waals surface area contributed by atoms with Crippen LogP contribution in [0.3, 0.4) is 0 Å². The zero-order valence-electron chi connectivity index (χ0n) is 13.4. The first-order chi connectivity index (χ1) is 11.5. The normalized spacial score (nSPS) is 18.2. The van der Waals surface area contributed by atoms with Crippen LogP contribution in [0, 0.1) is 13.8 Å². The molecule has 3 aromatic rings. The molecule has 0 saturated carbocycles. The smallest absolute Gasteiger partial charge is 0.280 e. The number of hydrogen-bond donors (Lipinski definition) is 1. The Labute approximate surface area is 136 Å². The summed E-state index contributed by atoms with van der Waals surface area (Å²) in [6, 6.07) is 1.39. The summed E-state index contributed by atoms with van der Waals surface area (Å²) < 4.78 is 27.9. The number of rotatable bonds is 3. The van der Waals surface area contributed by atoms with Crippen molar-refractivity contribution in [2.45, 2.75) is 39.2 Å². The van der Waals surface area contributed by atoms with E-state index >= 15 is 0 Å². The minimum atomic E-state index is -2.65. The molecule has 1 unspecified atom stereocenters. The highest BCUT2D eigenvalue weighted by Crippen LogP contribution is 2.36. The average molecular weight is 333 g/mol. The molecular weight excluding hydrogens is 316 g/mol. The van der Waals surface area contributed by atoms with E-state index in [0.29, 0.717) is 5.82 Å². The molecule has 0 amide bonds. The fourth-order valence-electron chi connectivity index (χ4n) is 3.19. The number of nitrogens with zero attached hydrogens (tertiary/aromatic N) is 6. The number of aromatic nitrogens is 6. The van der Waals surface area contributed by atoms with Crippen LogP contribution in [0.5, 0.6) is 0 Å². The maximum absolute atomic E-state index is 13.2. The van der Waals surface area contributed by atoms with E-state index in [1.165, 1.54) is 16.9 Å². The Bertz CT molecular complexity index is 866. The van der Waals surface area contributed by atoms with Crippen LogP contribution in [0.1, 0.15) is 48.2 Å². The molecule has 3 aromatic heterocycles. The van der Waals surface area contributed by atoms with E-state index in [1.807, 2.05) is 18.7 Å². The summed E-state index contributed by atoms with van der Waals surface area (Å²) in [7, 11) is 0. The molecule has 7 nitrogen and oxygen atoms in total. The summed E-state index contributed by atoms with van der Waals surface area (Å²) >= 11 is 0. The third-order valence-electron chi connectivity index (χ3n) is 4.49. The second-order valence-corrected chi connectivity index (χ2v) is 6.00. The number of alkyl halides is 2. The third kappa shape index (κ3) is 2.31. The van der Waals surface area contributed by atoms with E-state index in [4.69, 9.17) is 0 Å². The summed E-state index contributed by atoms with van der Waals surface area (Å²) in [6.45, 7) is 4.67. The second-order valence-electron chi connectivity index (χ2n) is 6.00. The summed E-state index contributed by atoms with van der Waals surface area (Å²) in [5, 5.41) is 4.14. The van der Waals surface area contributed by atoms with Crippen molar-refractivity contribution in [1.29, 1.82) is 0 Å². The van der Waals surface area contributed by atoms with Crippen molar-refractivity contribution in [1.82, 2.24) is 29.5 Å². The summed E-state index contributed by atoms with van der Waals surface area (Å²) in [6.07, 6.45) is 0.522. The molecule has 0 bridgehead atoms. The van der Waals surface area contributed by atoms with Crippen LogP contribution in [0.4, 0.5) is 14.6 Å². The fraction of sp³-hybridized carbons (Fsp3) is 0.467. The Hall–Kier alpha value is -2.58. The molecule has 1 saturated heterocycles. The summed E-state index contributed by atoms with van der Waals surface area (Å²) in [5.74, 6) is 1.61. The number of anilines is 1. The van der Waals surface area contributed by atoms with Gasteiger partial charge in [-0.15, -0.1) is 0 Å². The van der Waals surface area contributed by atoms with Gasteiger partial charge in [0.05, 0.1) is 11.7 Å². The molecule has 4 heterocycles. The van der Waals surface area contributed by atoms with Crippen molar-refractivity contribution in [3.05, 3.63) is 35.3 Å². The molecule has 24 heavy (non-hydrogen) atoms. The van der Waals surface area contributed by atoms with Gasteiger partial charge < -0.3 is 9.88 Å². The first-order valence-corrected chi connectivity index (χ1v) is 7.83. The van der Waals surface area contributed by atoms with Gasteiger partial charge >= 0.3 is 0 Å². The first-order valence-electron chi connectivity index (χ1n) is 7.83. The number of nitrogens with one attached hydrogen (secondary N) is 1. The number of imidazole rings is 1.